The fraction of sp³-hybridized carbons (Fsp3) is 0.111. The van der Waals surface area contributed by atoms with Crippen LogP contribution in [0.3, 0.4) is 0 Å². The van der Waals surface area contributed by atoms with Gasteiger partial charge in [0, 0.05) is 6.07 Å². The normalized spacial score (nSPS) is 11.6. The number of halogens is 4. The number of aryl methyl sites for hydroxylation is 1. The smallest absolute Gasteiger partial charge is 0.416 e. The summed E-state index contributed by atoms with van der Waals surface area (Å²) in [6, 6.07) is 8.41. The fourth-order valence-electron chi connectivity index (χ4n) is 2.36. The van der Waals surface area contributed by atoms with Crippen molar-refractivity contribution in [2.24, 2.45) is 0 Å². The van der Waals surface area contributed by atoms with Crippen LogP contribution >= 0.6 is 11.6 Å². The average Bonchev–Trinajstić information content (AvgIpc) is 2.55. The van der Waals surface area contributed by atoms with Crippen molar-refractivity contribution in [3.8, 4) is 0 Å². The molecular weight excluding hydrogens is 371 g/mol. The van der Waals surface area contributed by atoms with Crippen LogP contribution in [0, 0.1) is 6.92 Å². The van der Waals surface area contributed by atoms with E-state index in [1.54, 1.807) is 25.1 Å². The van der Waals surface area contributed by atoms with Crippen LogP contribution in [0.2, 0.25) is 5.02 Å². The SMILES string of the molecule is Cc1ccc2c(=O)cc(C(=O)Nc3cc(C(F)(F)F)ccc3Cl)oc2c1. The molecular formula is C18H11ClF3NO3. The number of anilines is 1. The number of carbonyl (C=O) groups is 1. The molecule has 0 saturated heterocycles. The molecule has 4 nitrogen and oxygen atoms in total. The molecule has 8 heteroatoms. The van der Waals surface area contributed by atoms with Crippen molar-refractivity contribution in [2.45, 2.75) is 13.1 Å². The van der Waals surface area contributed by atoms with E-state index >= 15 is 0 Å². The Kier molecular flexibility index (Phi) is 4.50. The first-order chi connectivity index (χ1) is 12.1. The number of carbonyl (C=O) groups excluding carboxylic acids is 1. The first-order valence-corrected chi connectivity index (χ1v) is 7.75. The third-order valence-corrected chi connectivity index (χ3v) is 3.98. The molecule has 2 aromatic carbocycles. The number of alkyl halides is 3. The summed E-state index contributed by atoms with van der Waals surface area (Å²) in [6.45, 7) is 1.79. The first-order valence-electron chi connectivity index (χ1n) is 7.38. The molecule has 0 atom stereocenters. The molecule has 26 heavy (non-hydrogen) atoms. The van der Waals surface area contributed by atoms with Gasteiger partial charge in [0.1, 0.15) is 5.58 Å². The lowest BCUT2D eigenvalue weighted by Crippen LogP contribution is -2.16. The van der Waals surface area contributed by atoms with Crippen molar-refractivity contribution in [2.75, 3.05) is 5.32 Å². The highest BCUT2D eigenvalue weighted by atomic mass is 35.5. The third-order valence-electron chi connectivity index (χ3n) is 3.65. The highest BCUT2D eigenvalue weighted by Gasteiger charge is 2.31. The number of nitrogens with one attached hydrogen (secondary N) is 1. The Hall–Kier alpha value is -2.80. The van der Waals surface area contributed by atoms with E-state index in [4.69, 9.17) is 16.0 Å². The molecule has 0 bridgehead atoms. The number of benzene rings is 2. The molecule has 3 aromatic rings. The summed E-state index contributed by atoms with van der Waals surface area (Å²) < 4.78 is 43.8. The van der Waals surface area contributed by atoms with Crippen LogP contribution in [0.4, 0.5) is 18.9 Å². The van der Waals surface area contributed by atoms with Gasteiger partial charge in [0.05, 0.1) is 21.7 Å². The summed E-state index contributed by atoms with van der Waals surface area (Å²) in [5, 5.41) is 2.46. The summed E-state index contributed by atoms with van der Waals surface area (Å²) >= 11 is 5.85. The van der Waals surface area contributed by atoms with Gasteiger partial charge in [-0.05, 0) is 42.8 Å². The van der Waals surface area contributed by atoms with Crippen LogP contribution in [0.1, 0.15) is 21.7 Å². The summed E-state index contributed by atoms with van der Waals surface area (Å²) in [7, 11) is 0. The summed E-state index contributed by atoms with van der Waals surface area (Å²) in [5.74, 6) is -1.21. The van der Waals surface area contributed by atoms with E-state index in [9.17, 15) is 22.8 Å². The zero-order chi connectivity index (χ0) is 19.1. The Balaban J connectivity index is 1.98. The molecule has 134 valence electrons. The predicted octanol–water partition coefficient (Wildman–Crippen LogP) is 5.03. The largest absolute Gasteiger partial charge is 0.451 e. The van der Waals surface area contributed by atoms with E-state index in [2.05, 4.69) is 5.32 Å². The minimum atomic E-state index is -4.59. The Morgan fingerprint density at radius 2 is 1.85 bits per heavy atom. The van der Waals surface area contributed by atoms with E-state index in [1.807, 2.05) is 0 Å². The second-order valence-corrected chi connectivity index (χ2v) is 6.03. The number of hydrogen-bond donors (Lipinski definition) is 1. The minimum Gasteiger partial charge on any atom is -0.451 e. The molecule has 0 unspecified atom stereocenters. The highest BCUT2D eigenvalue weighted by molar-refractivity contribution is 6.33. The molecule has 1 aromatic heterocycles. The van der Waals surface area contributed by atoms with Gasteiger partial charge in [-0.1, -0.05) is 17.7 Å². The van der Waals surface area contributed by atoms with Gasteiger partial charge >= 0.3 is 6.18 Å². The maximum Gasteiger partial charge on any atom is 0.416 e. The summed E-state index contributed by atoms with van der Waals surface area (Å²) in [6.07, 6.45) is -4.59. The highest BCUT2D eigenvalue weighted by Crippen LogP contribution is 2.34. The van der Waals surface area contributed by atoms with Crippen LogP contribution in [-0.2, 0) is 6.18 Å². The molecule has 0 spiro atoms. The van der Waals surface area contributed by atoms with E-state index in [1.165, 1.54) is 0 Å². The Bertz CT molecular complexity index is 1070. The van der Waals surface area contributed by atoms with Crippen LogP contribution in [-0.4, -0.2) is 5.91 Å². The van der Waals surface area contributed by atoms with Gasteiger partial charge in [0.2, 0.25) is 0 Å². The van der Waals surface area contributed by atoms with E-state index in [0.717, 1.165) is 23.8 Å². The van der Waals surface area contributed by atoms with Gasteiger partial charge in [-0.25, -0.2) is 0 Å². The molecule has 1 amide bonds. The van der Waals surface area contributed by atoms with Gasteiger partial charge in [-0.2, -0.15) is 13.2 Å². The quantitative estimate of drug-likeness (QED) is 0.677. The van der Waals surface area contributed by atoms with Crippen molar-refractivity contribution in [1.82, 2.24) is 0 Å². The zero-order valence-corrected chi connectivity index (χ0v) is 14.0. The molecule has 0 aliphatic rings. The zero-order valence-electron chi connectivity index (χ0n) is 13.3. The molecule has 0 fully saturated rings. The molecule has 0 saturated carbocycles. The third kappa shape index (κ3) is 3.57. The number of amides is 1. The van der Waals surface area contributed by atoms with Crippen molar-refractivity contribution in [3.63, 3.8) is 0 Å². The van der Waals surface area contributed by atoms with Crippen LogP contribution in [0.15, 0.2) is 51.7 Å². The lowest BCUT2D eigenvalue weighted by Gasteiger charge is -2.11. The average molecular weight is 382 g/mol. The summed E-state index contributed by atoms with van der Waals surface area (Å²) in [5.41, 5.74) is -0.616. The minimum absolute atomic E-state index is 0.0784. The second kappa shape index (κ2) is 6.49. The van der Waals surface area contributed by atoms with Gasteiger partial charge in [0.15, 0.2) is 11.2 Å². The monoisotopic (exact) mass is 381 g/mol. The molecule has 0 aliphatic carbocycles. The molecule has 1 heterocycles. The molecule has 0 aliphatic heterocycles. The summed E-state index contributed by atoms with van der Waals surface area (Å²) in [4.78, 5) is 24.4. The van der Waals surface area contributed by atoms with Crippen molar-refractivity contribution >= 4 is 34.2 Å². The van der Waals surface area contributed by atoms with Gasteiger partial charge in [-0.15, -0.1) is 0 Å². The molecule has 0 radical (unpaired) electrons. The van der Waals surface area contributed by atoms with E-state index in [0.29, 0.717) is 11.5 Å². The molecule has 3 rings (SSSR count). The van der Waals surface area contributed by atoms with E-state index < -0.39 is 23.1 Å². The van der Waals surface area contributed by atoms with Crippen molar-refractivity contribution in [3.05, 3.63) is 74.6 Å². The number of rotatable bonds is 2. The first kappa shape index (κ1) is 18.0. The Labute approximate surface area is 150 Å². The second-order valence-electron chi connectivity index (χ2n) is 5.62. The van der Waals surface area contributed by atoms with Crippen molar-refractivity contribution < 1.29 is 22.4 Å². The topological polar surface area (TPSA) is 59.3 Å². The van der Waals surface area contributed by atoms with Crippen LogP contribution < -0.4 is 10.7 Å². The van der Waals surface area contributed by atoms with Gasteiger partial charge < -0.3 is 9.73 Å². The fourth-order valence-corrected chi connectivity index (χ4v) is 2.52. The van der Waals surface area contributed by atoms with E-state index in [-0.39, 0.29) is 22.1 Å². The lowest BCUT2D eigenvalue weighted by atomic mass is 10.1. The van der Waals surface area contributed by atoms with Gasteiger partial charge in [-0.3, -0.25) is 9.59 Å². The number of hydrogen-bond acceptors (Lipinski definition) is 3. The van der Waals surface area contributed by atoms with Gasteiger partial charge in [0.25, 0.3) is 5.91 Å². The lowest BCUT2D eigenvalue weighted by molar-refractivity contribution is -0.137. The maximum atomic E-state index is 12.8. The Morgan fingerprint density at radius 1 is 1.12 bits per heavy atom. The predicted molar refractivity (Wildman–Crippen MR) is 91.6 cm³/mol. The standard InChI is InChI=1S/C18H11ClF3NO3/c1-9-2-4-11-14(24)8-16(26-15(11)6-9)17(25)23-13-7-10(18(20,21)22)3-5-12(13)19/h2-8H,1H3,(H,23,25). The van der Waals surface area contributed by atoms with Crippen LogP contribution in [0.25, 0.3) is 11.0 Å². The Morgan fingerprint density at radius 3 is 2.54 bits per heavy atom. The number of fused-ring (bicyclic) bond motifs is 1. The molecule has 1 N–H and O–H groups in total. The van der Waals surface area contributed by atoms with Crippen LogP contribution in [0.5, 0.6) is 0 Å². The van der Waals surface area contributed by atoms with Crippen molar-refractivity contribution in [1.29, 1.82) is 0 Å². The maximum absolute atomic E-state index is 12.8.